The van der Waals surface area contributed by atoms with E-state index in [4.69, 9.17) is 15.2 Å². The molecule has 0 aromatic heterocycles. The van der Waals surface area contributed by atoms with Gasteiger partial charge in [0.05, 0.1) is 24.5 Å². The van der Waals surface area contributed by atoms with Gasteiger partial charge in [0, 0.05) is 0 Å². The van der Waals surface area contributed by atoms with E-state index in [0.29, 0.717) is 24.5 Å². The molecule has 1 heterocycles. The molecule has 1 aliphatic rings. The Balaban J connectivity index is 2.51. The second-order valence-electron chi connectivity index (χ2n) is 3.89. The van der Waals surface area contributed by atoms with Gasteiger partial charge in [-0.1, -0.05) is 0 Å². The predicted octanol–water partition coefficient (Wildman–Crippen LogP) is 1.50. The van der Waals surface area contributed by atoms with Crippen molar-refractivity contribution in [2.45, 2.75) is 19.6 Å². The summed E-state index contributed by atoms with van der Waals surface area (Å²) in [5.74, 6) is -0.825. The minimum atomic E-state index is -0.871. The van der Waals surface area contributed by atoms with Crippen molar-refractivity contribution in [3.63, 3.8) is 0 Å². The van der Waals surface area contributed by atoms with E-state index in [0.717, 1.165) is 5.56 Å². The number of hydrogen-bond acceptors (Lipinski definition) is 4. The van der Waals surface area contributed by atoms with E-state index >= 15 is 0 Å². The summed E-state index contributed by atoms with van der Waals surface area (Å²) in [6, 6.07) is 3.55. The molecule has 0 amide bonds. The first-order valence-electron chi connectivity index (χ1n) is 4.90. The average Bonchev–Trinajstić information content (AvgIpc) is 2.59. The van der Waals surface area contributed by atoms with Gasteiger partial charge < -0.3 is 20.3 Å². The van der Waals surface area contributed by atoms with Gasteiger partial charge in [0.25, 0.3) is 0 Å². The van der Waals surface area contributed by atoms with Crippen molar-refractivity contribution < 1.29 is 14.6 Å². The maximum absolute atomic E-state index is 9.86. The molecule has 0 aliphatic carbocycles. The van der Waals surface area contributed by atoms with Crippen LogP contribution in [0.5, 0.6) is 5.75 Å². The zero-order chi connectivity index (χ0) is 11.1. The number of rotatable bonds is 1. The molecule has 3 N–H and O–H groups in total. The summed E-state index contributed by atoms with van der Waals surface area (Å²) in [4.78, 5) is 0. The Bertz CT molecular complexity index is 384. The summed E-state index contributed by atoms with van der Waals surface area (Å²) in [7, 11) is 0. The summed E-state index contributed by atoms with van der Waals surface area (Å²) in [5.41, 5.74) is 7.61. The van der Waals surface area contributed by atoms with Gasteiger partial charge in [-0.15, -0.1) is 0 Å². The molecule has 0 saturated carbocycles. The smallest absolute Gasteiger partial charge is 0.195 e. The maximum atomic E-state index is 9.86. The number of hydrogen-bond donors (Lipinski definition) is 2. The Morgan fingerprint density at radius 1 is 1.33 bits per heavy atom. The summed E-state index contributed by atoms with van der Waals surface area (Å²) in [6.07, 6.45) is 0. The van der Waals surface area contributed by atoms with E-state index in [1.165, 1.54) is 0 Å². The second-order valence-corrected chi connectivity index (χ2v) is 3.89. The van der Waals surface area contributed by atoms with E-state index in [1.54, 1.807) is 13.0 Å². The van der Waals surface area contributed by atoms with Gasteiger partial charge in [-0.3, -0.25) is 0 Å². The molecular weight excluding hydrogens is 194 g/mol. The Labute approximate surface area is 88.6 Å². The van der Waals surface area contributed by atoms with Gasteiger partial charge in [0.2, 0.25) is 0 Å². The number of phenols is 1. The largest absolute Gasteiger partial charge is 0.505 e. The van der Waals surface area contributed by atoms with Gasteiger partial charge in [-0.2, -0.15) is 0 Å². The monoisotopic (exact) mass is 209 g/mol. The van der Waals surface area contributed by atoms with E-state index < -0.39 is 5.79 Å². The number of benzene rings is 1. The standard InChI is InChI=1S/C11H15NO3/c1-7-5-8(10(13)9(12)6-7)11(2)14-3-4-15-11/h5-6,13H,3-4,12H2,1-2H3. The lowest BCUT2D eigenvalue weighted by Gasteiger charge is -2.24. The quantitative estimate of drug-likeness (QED) is 0.543. The van der Waals surface area contributed by atoms with Crippen LogP contribution < -0.4 is 5.73 Å². The van der Waals surface area contributed by atoms with Crippen LogP contribution in [0.1, 0.15) is 18.1 Å². The fourth-order valence-corrected chi connectivity index (χ4v) is 1.82. The van der Waals surface area contributed by atoms with E-state index in [9.17, 15) is 5.11 Å². The van der Waals surface area contributed by atoms with Crippen LogP contribution in [-0.2, 0) is 15.3 Å². The highest BCUT2D eigenvalue weighted by atomic mass is 16.7. The Morgan fingerprint density at radius 2 is 1.93 bits per heavy atom. The molecule has 0 radical (unpaired) electrons. The number of aromatic hydroxyl groups is 1. The third-order valence-corrected chi connectivity index (χ3v) is 2.61. The summed E-state index contributed by atoms with van der Waals surface area (Å²) in [5, 5.41) is 9.86. The van der Waals surface area contributed by atoms with Crippen LogP contribution in [-0.4, -0.2) is 18.3 Å². The summed E-state index contributed by atoms with van der Waals surface area (Å²) < 4.78 is 11.0. The molecule has 1 saturated heterocycles. The van der Waals surface area contributed by atoms with E-state index in [1.807, 2.05) is 13.0 Å². The van der Waals surface area contributed by atoms with Crippen molar-refractivity contribution >= 4 is 5.69 Å². The molecule has 0 atom stereocenters. The molecule has 0 spiro atoms. The first kappa shape index (κ1) is 10.3. The van der Waals surface area contributed by atoms with Crippen LogP contribution in [0.2, 0.25) is 0 Å². The lowest BCUT2D eigenvalue weighted by atomic mass is 10.0. The van der Waals surface area contributed by atoms with Crippen molar-refractivity contribution in [2.24, 2.45) is 0 Å². The number of nitrogen functional groups attached to an aromatic ring is 1. The van der Waals surface area contributed by atoms with Gasteiger partial charge in [0.1, 0.15) is 5.75 Å². The zero-order valence-corrected chi connectivity index (χ0v) is 8.91. The third-order valence-electron chi connectivity index (χ3n) is 2.61. The van der Waals surface area contributed by atoms with Crippen molar-refractivity contribution in [3.8, 4) is 5.75 Å². The van der Waals surface area contributed by atoms with Gasteiger partial charge in [0.15, 0.2) is 5.79 Å². The fourth-order valence-electron chi connectivity index (χ4n) is 1.82. The second kappa shape index (κ2) is 3.40. The fraction of sp³-hybridized carbons (Fsp3) is 0.455. The first-order chi connectivity index (χ1) is 7.03. The minimum Gasteiger partial charge on any atom is -0.505 e. The molecule has 82 valence electrons. The highest BCUT2D eigenvalue weighted by molar-refractivity contribution is 5.59. The molecular formula is C11H15NO3. The first-order valence-corrected chi connectivity index (χ1v) is 4.90. The molecule has 15 heavy (non-hydrogen) atoms. The SMILES string of the molecule is Cc1cc(N)c(O)c(C2(C)OCCO2)c1. The van der Waals surface area contributed by atoms with Crippen LogP contribution in [0.3, 0.4) is 0 Å². The van der Waals surface area contributed by atoms with Gasteiger partial charge in [-0.25, -0.2) is 0 Å². The zero-order valence-electron chi connectivity index (χ0n) is 8.91. The molecule has 0 unspecified atom stereocenters. The Morgan fingerprint density at radius 3 is 2.53 bits per heavy atom. The van der Waals surface area contributed by atoms with E-state index in [2.05, 4.69) is 0 Å². The van der Waals surface area contributed by atoms with Crippen molar-refractivity contribution in [1.82, 2.24) is 0 Å². The summed E-state index contributed by atoms with van der Waals surface area (Å²) in [6.45, 7) is 4.76. The molecule has 2 rings (SSSR count). The van der Waals surface area contributed by atoms with Crippen LogP contribution in [0.15, 0.2) is 12.1 Å². The predicted molar refractivity (Wildman–Crippen MR) is 56.5 cm³/mol. The van der Waals surface area contributed by atoms with Crippen LogP contribution in [0, 0.1) is 6.92 Å². The lowest BCUT2D eigenvalue weighted by Crippen LogP contribution is -2.23. The highest BCUT2D eigenvalue weighted by Gasteiger charge is 2.36. The van der Waals surface area contributed by atoms with Crippen molar-refractivity contribution in [1.29, 1.82) is 0 Å². The molecule has 1 aliphatic heterocycles. The Kier molecular flexibility index (Phi) is 2.32. The van der Waals surface area contributed by atoms with Gasteiger partial charge in [-0.05, 0) is 31.5 Å². The normalized spacial score (nSPS) is 19.3. The van der Waals surface area contributed by atoms with E-state index in [-0.39, 0.29) is 5.75 Å². The number of phenolic OH excluding ortho intramolecular Hbond substituents is 1. The topological polar surface area (TPSA) is 64.7 Å². The van der Waals surface area contributed by atoms with Crippen molar-refractivity contribution in [3.05, 3.63) is 23.3 Å². The number of anilines is 1. The summed E-state index contributed by atoms with van der Waals surface area (Å²) >= 11 is 0. The molecule has 1 fully saturated rings. The molecule has 1 aromatic carbocycles. The Hall–Kier alpha value is -1.26. The van der Waals surface area contributed by atoms with Crippen LogP contribution >= 0.6 is 0 Å². The number of aryl methyl sites for hydroxylation is 1. The third kappa shape index (κ3) is 1.66. The lowest BCUT2D eigenvalue weighted by molar-refractivity contribution is -0.150. The maximum Gasteiger partial charge on any atom is 0.195 e. The van der Waals surface area contributed by atoms with Gasteiger partial charge >= 0.3 is 0 Å². The molecule has 0 bridgehead atoms. The molecule has 4 heteroatoms. The molecule has 4 nitrogen and oxygen atoms in total. The number of nitrogens with two attached hydrogens (primary N) is 1. The van der Waals surface area contributed by atoms with Crippen molar-refractivity contribution in [2.75, 3.05) is 18.9 Å². The average molecular weight is 209 g/mol. The minimum absolute atomic E-state index is 0.0463. The van der Waals surface area contributed by atoms with Crippen LogP contribution in [0.4, 0.5) is 5.69 Å². The molecule has 1 aromatic rings. The van der Waals surface area contributed by atoms with Crippen LogP contribution in [0.25, 0.3) is 0 Å². The highest BCUT2D eigenvalue weighted by Crippen LogP contribution is 2.39. The number of ether oxygens (including phenoxy) is 2.